The van der Waals surface area contributed by atoms with Gasteiger partial charge < -0.3 is 9.32 Å². The van der Waals surface area contributed by atoms with Crippen molar-refractivity contribution in [3.05, 3.63) is 52.8 Å². The molecule has 2 aliphatic rings. The third kappa shape index (κ3) is 3.53. The van der Waals surface area contributed by atoms with Crippen molar-refractivity contribution in [2.75, 3.05) is 22.9 Å². The number of benzene rings is 1. The van der Waals surface area contributed by atoms with Gasteiger partial charge >= 0.3 is 6.03 Å². The Labute approximate surface area is 166 Å². The lowest BCUT2D eigenvalue weighted by molar-refractivity contribution is -0.122. The summed E-state index contributed by atoms with van der Waals surface area (Å²) in [6.45, 7) is 1.84. The summed E-state index contributed by atoms with van der Waals surface area (Å²) in [7, 11) is 0. The third-order valence-corrected chi connectivity index (χ3v) is 5.01. The molecule has 144 valence electrons. The number of amides is 4. The summed E-state index contributed by atoms with van der Waals surface area (Å²) in [4.78, 5) is 40.3. The molecule has 0 spiro atoms. The highest BCUT2D eigenvalue weighted by atomic mass is 35.5. The molecule has 1 aromatic carbocycles. The van der Waals surface area contributed by atoms with E-state index in [0.717, 1.165) is 30.8 Å². The normalized spacial score (nSPS) is 19.3. The summed E-state index contributed by atoms with van der Waals surface area (Å²) in [5, 5.41) is 2.66. The number of nitrogens with one attached hydrogen (secondary N) is 1. The number of hydrogen-bond acceptors (Lipinski definition) is 5. The van der Waals surface area contributed by atoms with Gasteiger partial charge in [-0.3, -0.25) is 14.9 Å². The number of hydrogen-bond donors (Lipinski definition) is 1. The maximum atomic E-state index is 12.8. The predicted molar refractivity (Wildman–Crippen MR) is 105 cm³/mol. The Kier molecular flexibility index (Phi) is 4.92. The van der Waals surface area contributed by atoms with E-state index in [4.69, 9.17) is 16.0 Å². The van der Waals surface area contributed by atoms with Crippen LogP contribution < -0.4 is 15.1 Å². The van der Waals surface area contributed by atoms with Crippen LogP contribution >= 0.6 is 11.6 Å². The van der Waals surface area contributed by atoms with E-state index in [0.29, 0.717) is 22.4 Å². The lowest BCUT2D eigenvalue weighted by atomic mass is 10.1. The van der Waals surface area contributed by atoms with E-state index in [2.05, 4.69) is 10.2 Å². The molecule has 0 atom stereocenters. The first-order valence-corrected chi connectivity index (χ1v) is 9.42. The van der Waals surface area contributed by atoms with Crippen molar-refractivity contribution in [2.24, 2.45) is 0 Å². The van der Waals surface area contributed by atoms with E-state index in [1.54, 1.807) is 18.2 Å². The van der Waals surface area contributed by atoms with E-state index in [1.807, 2.05) is 6.07 Å². The second-order valence-electron chi connectivity index (χ2n) is 6.66. The summed E-state index contributed by atoms with van der Waals surface area (Å²) >= 11 is 5.86. The Hall–Kier alpha value is -3.06. The van der Waals surface area contributed by atoms with Crippen LogP contribution in [0.25, 0.3) is 6.08 Å². The van der Waals surface area contributed by atoms with Crippen molar-refractivity contribution < 1.29 is 18.8 Å². The first-order chi connectivity index (χ1) is 13.5. The van der Waals surface area contributed by atoms with Gasteiger partial charge in [-0.25, -0.2) is 9.69 Å². The standard InChI is InChI=1S/C20H18ClN3O4/c21-13-4-6-14(7-5-13)24-19(26)16(18(25)22-20(24)27)12-15-8-9-17(28-15)23-10-2-1-3-11-23/h4-9,12H,1-3,10-11H2,(H,22,25,27)/b16-12+. The van der Waals surface area contributed by atoms with Gasteiger partial charge in [-0.2, -0.15) is 0 Å². The maximum Gasteiger partial charge on any atom is 0.335 e. The number of barbiturate groups is 1. The van der Waals surface area contributed by atoms with E-state index < -0.39 is 17.8 Å². The monoisotopic (exact) mass is 399 g/mol. The van der Waals surface area contributed by atoms with E-state index in [-0.39, 0.29) is 5.57 Å². The minimum Gasteiger partial charge on any atom is -0.441 e. The molecular formula is C20H18ClN3O4. The van der Waals surface area contributed by atoms with Crippen LogP contribution in [0.5, 0.6) is 0 Å². The molecule has 4 rings (SSSR count). The second-order valence-corrected chi connectivity index (χ2v) is 7.09. The number of anilines is 2. The van der Waals surface area contributed by atoms with Crippen LogP contribution in [-0.4, -0.2) is 30.9 Å². The van der Waals surface area contributed by atoms with Gasteiger partial charge in [-0.1, -0.05) is 11.6 Å². The van der Waals surface area contributed by atoms with Crippen molar-refractivity contribution in [1.82, 2.24) is 5.32 Å². The fraction of sp³-hybridized carbons (Fsp3) is 0.250. The summed E-state index contributed by atoms with van der Waals surface area (Å²) < 4.78 is 5.80. The molecule has 1 aromatic heterocycles. The van der Waals surface area contributed by atoms with Crippen LogP contribution in [-0.2, 0) is 9.59 Å². The van der Waals surface area contributed by atoms with E-state index >= 15 is 0 Å². The van der Waals surface area contributed by atoms with Crippen LogP contribution in [0.4, 0.5) is 16.4 Å². The van der Waals surface area contributed by atoms with Crippen molar-refractivity contribution in [3.8, 4) is 0 Å². The highest BCUT2D eigenvalue weighted by Gasteiger charge is 2.37. The summed E-state index contributed by atoms with van der Waals surface area (Å²) in [5.74, 6) is -0.381. The Morgan fingerprint density at radius 2 is 1.68 bits per heavy atom. The molecule has 0 radical (unpaired) electrons. The van der Waals surface area contributed by atoms with Crippen molar-refractivity contribution in [1.29, 1.82) is 0 Å². The highest BCUT2D eigenvalue weighted by Crippen LogP contribution is 2.26. The quantitative estimate of drug-likeness (QED) is 0.630. The minimum absolute atomic E-state index is 0.172. The molecule has 4 amide bonds. The smallest absolute Gasteiger partial charge is 0.335 e. The second kappa shape index (κ2) is 7.52. The molecule has 0 saturated carbocycles. The number of piperidine rings is 1. The van der Waals surface area contributed by atoms with Crippen LogP contribution in [0.2, 0.25) is 5.02 Å². The van der Waals surface area contributed by atoms with Crippen LogP contribution in [0.3, 0.4) is 0 Å². The van der Waals surface area contributed by atoms with Crippen molar-refractivity contribution in [3.63, 3.8) is 0 Å². The molecule has 28 heavy (non-hydrogen) atoms. The number of furan rings is 1. The third-order valence-electron chi connectivity index (χ3n) is 4.75. The van der Waals surface area contributed by atoms with Gasteiger partial charge in [-0.05, 0) is 55.7 Å². The number of halogens is 1. The number of carbonyl (C=O) groups is 3. The highest BCUT2D eigenvalue weighted by molar-refractivity contribution is 6.39. The predicted octanol–water partition coefficient (Wildman–Crippen LogP) is 3.59. The molecule has 0 bridgehead atoms. The van der Waals surface area contributed by atoms with Crippen molar-refractivity contribution in [2.45, 2.75) is 19.3 Å². The molecule has 2 fully saturated rings. The molecule has 2 saturated heterocycles. The average molecular weight is 400 g/mol. The summed E-state index contributed by atoms with van der Waals surface area (Å²) in [5.41, 5.74) is 0.146. The summed E-state index contributed by atoms with van der Waals surface area (Å²) in [6, 6.07) is 8.93. The first-order valence-electron chi connectivity index (χ1n) is 9.05. The van der Waals surface area contributed by atoms with Gasteiger partial charge in [0.15, 0.2) is 5.88 Å². The molecule has 0 aliphatic carbocycles. The molecular weight excluding hydrogens is 382 g/mol. The van der Waals surface area contributed by atoms with Gasteiger partial charge in [-0.15, -0.1) is 0 Å². The van der Waals surface area contributed by atoms with E-state index in [9.17, 15) is 14.4 Å². The Morgan fingerprint density at radius 3 is 2.39 bits per heavy atom. The van der Waals surface area contributed by atoms with Crippen LogP contribution in [0.1, 0.15) is 25.0 Å². The topological polar surface area (TPSA) is 82.9 Å². The number of rotatable bonds is 3. The zero-order valence-electron chi connectivity index (χ0n) is 15.0. The Balaban J connectivity index is 1.61. The molecule has 3 heterocycles. The minimum atomic E-state index is -0.803. The van der Waals surface area contributed by atoms with Crippen LogP contribution in [0.15, 0.2) is 46.4 Å². The zero-order chi connectivity index (χ0) is 19.7. The van der Waals surface area contributed by atoms with Gasteiger partial charge in [0.1, 0.15) is 11.3 Å². The lowest BCUT2D eigenvalue weighted by Crippen LogP contribution is -2.54. The Bertz CT molecular complexity index is 958. The SMILES string of the molecule is O=C1NC(=O)N(c2ccc(Cl)cc2)C(=O)/C1=C/c1ccc(N2CCCCC2)o1. The Morgan fingerprint density at radius 1 is 0.964 bits per heavy atom. The molecule has 2 aliphatic heterocycles. The average Bonchev–Trinajstić information content (AvgIpc) is 3.16. The van der Waals surface area contributed by atoms with Crippen LogP contribution in [0, 0.1) is 0 Å². The zero-order valence-corrected chi connectivity index (χ0v) is 15.7. The summed E-state index contributed by atoms with van der Waals surface area (Å²) in [6.07, 6.45) is 4.78. The molecule has 7 nitrogen and oxygen atoms in total. The van der Waals surface area contributed by atoms with Crippen molar-refractivity contribution >= 4 is 47.1 Å². The first kappa shape index (κ1) is 18.3. The van der Waals surface area contributed by atoms with E-state index in [1.165, 1.54) is 24.6 Å². The molecule has 1 N–H and O–H groups in total. The number of nitrogens with zero attached hydrogens (tertiary/aromatic N) is 2. The number of carbonyl (C=O) groups excluding carboxylic acids is 3. The lowest BCUT2D eigenvalue weighted by Gasteiger charge is -2.26. The van der Waals surface area contributed by atoms with Gasteiger partial charge in [0.25, 0.3) is 11.8 Å². The maximum absolute atomic E-state index is 12.8. The molecule has 2 aromatic rings. The van der Waals surface area contributed by atoms with Gasteiger partial charge in [0.2, 0.25) is 0 Å². The number of urea groups is 1. The fourth-order valence-corrected chi connectivity index (χ4v) is 3.45. The number of imide groups is 2. The van der Waals surface area contributed by atoms with Gasteiger partial charge in [0.05, 0.1) is 5.69 Å². The van der Waals surface area contributed by atoms with Gasteiger partial charge in [0, 0.05) is 24.2 Å². The largest absolute Gasteiger partial charge is 0.441 e. The molecule has 0 unspecified atom stereocenters. The molecule has 8 heteroatoms. The fourth-order valence-electron chi connectivity index (χ4n) is 3.33.